The monoisotopic (exact) mass is 462 g/mol. The first-order chi connectivity index (χ1) is 15.4. The molecule has 4 heteroatoms. The Labute approximate surface area is 197 Å². The molecule has 0 radical (unpaired) electrons. The fourth-order valence-electron chi connectivity index (χ4n) is 5.39. The molecular weight excluding hydrogens is 416 g/mol. The van der Waals surface area contributed by atoms with E-state index >= 15 is 0 Å². The molecule has 32 heavy (non-hydrogen) atoms. The largest absolute Gasteiger partial charge is 0.285 e. The topological polar surface area (TPSA) is 54.4 Å². The molecule has 2 rings (SSSR count). The third-order valence-corrected chi connectivity index (χ3v) is 8.50. The molecule has 3 nitrogen and oxygen atoms in total. The predicted molar refractivity (Wildman–Crippen MR) is 137 cm³/mol. The van der Waals surface area contributed by atoms with Crippen molar-refractivity contribution in [2.45, 2.75) is 122 Å². The summed E-state index contributed by atoms with van der Waals surface area (Å²) in [6.07, 6.45) is 22.8. The van der Waals surface area contributed by atoms with Gasteiger partial charge in [0.2, 0.25) is 0 Å². The highest BCUT2D eigenvalue weighted by molar-refractivity contribution is 7.86. The molecule has 1 aromatic carbocycles. The summed E-state index contributed by atoms with van der Waals surface area (Å²) in [7, 11) is -4.21. The highest BCUT2D eigenvalue weighted by Gasteiger charge is 2.46. The van der Waals surface area contributed by atoms with E-state index in [1.165, 1.54) is 64.2 Å². The summed E-state index contributed by atoms with van der Waals surface area (Å²) in [6, 6.07) is 7.67. The summed E-state index contributed by atoms with van der Waals surface area (Å²) in [4.78, 5) is 0. The van der Waals surface area contributed by atoms with Crippen LogP contribution in [0.3, 0.4) is 0 Å². The molecule has 0 saturated heterocycles. The van der Waals surface area contributed by atoms with Gasteiger partial charge in [-0.2, -0.15) is 8.42 Å². The van der Waals surface area contributed by atoms with Crippen molar-refractivity contribution >= 4 is 16.2 Å². The van der Waals surface area contributed by atoms with E-state index in [0.29, 0.717) is 0 Å². The lowest BCUT2D eigenvalue weighted by Crippen LogP contribution is -2.35. The fraction of sp³-hybridized carbons (Fsp3) is 0.714. The average Bonchev–Trinajstić information content (AvgIpc) is 2.77. The quantitative estimate of drug-likeness (QED) is 0.186. The molecule has 1 aromatic rings. The molecule has 182 valence electrons. The summed E-state index contributed by atoms with van der Waals surface area (Å²) in [5.74, 6) is 0. The van der Waals surface area contributed by atoms with E-state index in [1.54, 1.807) is 0 Å². The zero-order chi connectivity index (χ0) is 23.3. The SMILES string of the molecule is CCCCCCCCCC1(CCCCCCCCC)C=Cc2ccccc2C1S(=O)(=O)O. The van der Waals surface area contributed by atoms with E-state index in [1.807, 2.05) is 24.3 Å². The Hall–Kier alpha value is -1.13. The number of allylic oxidation sites excluding steroid dienone is 1. The zero-order valence-corrected chi connectivity index (χ0v) is 21.3. The molecule has 1 N–H and O–H groups in total. The van der Waals surface area contributed by atoms with E-state index in [0.717, 1.165) is 49.7 Å². The molecule has 0 aromatic heterocycles. The van der Waals surface area contributed by atoms with Gasteiger partial charge in [-0.3, -0.25) is 4.55 Å². The van der Waals surface area contributed by atoms with Crippen molar-refractivity contribution in [1.82, 2.24) is 0 Å². The Balaban J connectivity index is 2.10. The Bertz CT molecular complexity index is 764. The Morgan fingerprint density at radius 1 is 0.750 bits per heavy atom. The molecule has 0 aliphatic heterocycles. The molecule has 0 spiro atoms. The van der Waals surface area contributed by atoms with Gasteiger partial charge in [0, 0.05) is 5.41 Å². The maximum absolute atomic E-state index is 12.7. The average molecular weight is 463 g/mol. The van der Waals surface area contributed by atoms with Gasteiger partial charge in [-0.1, -0.05) is 140 Å². The minimum absolute atomic E-state index is 0.505. The maximum atomic E-state index is 12.7. The van der Waals surface area contributed by atoms with Gasteiger partial charge in [-0.25, -0.2) is 0 Å². The predicted octanol–water partition coefficient (Wildman–Crippen LogP) is 8.91. The van der Waals surface area contributed by atoms with E-state index < -0.39 is 20.8 Å². The molecule has 0 saturated carbocycles. The van der Waals surface area contributed by atoms with Crippen molar-refractivity contribution in [2.75, 3.05) is 0 Å². The van der Waals surface area contributed by atoms with Crippen molar-refractivity contribution in [3.05, 3.63) is 41.5 Å². The fourth-order valence-corrected chi connectivity index (χ4v) is 6.83. The second kappa shape index (κ2) is 14.2. The summed E-state index contributed by atoms with van der Waals surface area (Å²) < 4.78 is 35.8. The van der Waals surface area contributed by atoms with E-state index in [-0.39, 0.29) is 0 Å². The Morgan fingerprint density at radius 3 is 1.72 bits per heavy atom. The van der Waals surface area contributed by atoms with E-state index in [4.69, 9.17) is 0 Å². The molecule has 0 fully saturated rings. The van der Waals surface area contributed by atoms with Gasteiger partial charge in [-0.15, -0.1) is 0 Å². The third-order valence-electron chi connectivity index (χ3n) is 7.18. The van der Waals surface area contributed by atoms with Crippen LogP contribution in [0.15, 0.2) is 30.3 Å². The van der Waals surface area contributed by atoms with Crippen LogP contribution in [-0.2, 0) is 10.1 Å². The van der Waals surface area contributed by atoms with Crippen LogP contribution in [-0.4, -0.2) is 13.0 Å². The highest BCUT2D eigenvalue weighted by atomic mass is 32.2. The first kappa shape index (κ1) is 27.1. The van der Waals surface area contributed by atoms with Gasteiger partial charge in [0.25, 0.3) is 10.1 Å². The standard InChI is InChI=1S/C28H46O3S/c1-3-5-7-9-11-13-17-22-28(23-18-14-12-10-8-6-4-2)24-21-25-19-15-16-20-26(25)27(28)32(29,30)31/h15-16,19-21,24,27H,3-14,17-18,22-23H2,1-2H3,(H,29,30,31). The van der Waals surface area contributed by atoms with Crippen molar-refractivity contribution in [3.63, 3.8) is 0 Å². The van der Waals surface area contributed by atoms with Crippen molar-refractivity contribution in [3.8, 4) is 0 Å². The van der Waals surface area contributed by atoms with Gasteiger partial charge in [-0.05, 0) is 24.0 Å². The Morgan fingerprint density at radius 2 is 1.22 bits per heavy atom. The number of hydrogen-bond donors (Lipinski definition) is 1. The van der Waals surface area contributed by atoms with Crippen LogP contribution in [0.1, 0.15) is 133 Å². The molecular formula is C28H46O3S. The lowest BCUT2D eigenvalue weighted by atomic mass is 9.69. The minimum atomic E-state index is -4.21. The first-order valence-electron chi connectivity index (χ1n) is 13.2. The van der Waals surface area contributed by atoms with Crippen LogP contribution in [0.5, 0.6) is 0 Å². The number of fused-ring (bicyclic) bond motifs is 1. The normalized spacial score (nSPS) is 17.4. The highest BCUT2D eigenvalue weighted by Crippen LogP contribution is 2.52. The lowest BCUT2D eigenvalue weighted by molar-refractivity contribution is 0.268. The number of unbranched alkanes of at least 4 members (excludes halogenated alkanes) is 12. The zero-order valence-electron chi connectivity index (χ0n) is 20.5. The summed E-state index contributed by atoms with van der Waals surface area (Å²) in [5.41, 5.74) is 1.18. The summed E-state index contributed by atoms with van der Waals surface area (Å²) in [6.45, 7) is 4.46. The van der Waals surface area contributed by atoms with Crippen LogP contribution >= 0.6 is 0 Å². The van der Waals surface area contributed by atoms with E-state index in [2.05, 4.69) is 26.0 Å². The van der Waals surface area contributed by atoms with E-state index in [9.17, 15) is 13.0 Å². The number of rotatable bonds is 17. The van der Waals surface area contributed by atoms with Crippen molar-refractivity contribution in [2.24, 2.45) is 5.41 Å². The minimum Gasteiger partial charge on any atom is -0.285 e. The van der Waals surface area contributed by atoms with Gasteiger partial charge < -0.3 is 0 Å². The Kier molecular flexibility index (Phi) is 12.0. The molecule has 1 aliphatic rings. The van der Waals surface area contributed by atoms with Crippen molar-refractivity contribution in [1.29, 1.82) is 0 Å². The molecule has 1 unspecified atom stereocenters. The van der Waals surface area contributed by atoms with Gasteiger partial charge >= 0.3 is 0 Å². The van der Waals surface area contributed by atoms with Crippen LogP contribution in [0.2, 0.25) is 0 Å². The summed E-state index contributed by atoms with van der Waals surface area (Å²) >= 11 is 0. The van der Waals surface area contributed by atoms with Crippen LogP contribution in [0.4, 0.5) is 0 Å². The molecule has 0 amide bonds. The number of hydrogen-bond acceptors (Lipinski definition) is 2. The van der Waals surface area contributed by atoms with Crippen LogP contribution in [0, 0.1) is 5.41 Å². The second-order valence-electron chi connectivity index (χ2n) is 9.83. The maximum Gasteiger partial charge on any atom is 0.272 e. The lowest BCUT2D eigenvalue weighted by Gasteiger charge is -2.40. The van der Waals surface area contributed by atoms with Gasteiger partial charge in [0.15, 0.2) is 0 Å². The molecule has 1 atom stereocenters. The molecule has 1 aliphatic carbocycles. The van der Waals surface area contributed by atoms with Crippen LogP contribution in [0.25, 0.3) is 6.08 Å². The van der Waals surface area contributed by atoms with Gasteiger partial charge in [0.1, 0.15) is 5.25 Å². The van der Waals surface area contributed by atoms with Crippen LogP contribution < -0.4 is 0 Å². The summed E-state index contributed by atoms with van der Waals surface area (Å²) in [5, 5.41) is -0.851. The number of benzene rings is 1. The smallest absolute Gasteiger partial charge is 0.272 e. The van der Waals surface area contributed by atoms with Crippen molar-refractivity contribution < 1.29 is 13.0 Å². The molecule has 0 bridgehead atoms. The third kappa shape index (κ3) is 8.33. The van der Waals surface area contributed by atoms with Gasteiger partial charge in [0.05, 0.1) is 0 Å². The second-order valence-corrected chi connectivity index (χ2v) is 11.3. The molecule has 0 heterocycles. The first-order valence-corrected chi connectivity index (χ1v) is 14.7.